The minimum absolute atomic E-state index is 0.0494. The Kier molecular flexibility index (Phi) is 7.33. The summed E-state index contributed by atoms with van der Waals surface area (Å²) in [6, 6.07) is 18.7. The number of piperazine rings is 1. The largest absolute Gasteiger partial charge is 0.388 e. The Morgan fingerprint density at radius 3 is 2.14 bits per heavy atom. The topological polar surface area (TPSA) is 72.9 Å². The summed E-state index contributed by atoms with van der Waals surface area (Å²) < 4.78 is 0. The number of aliphatic hydroxyl groups excluding tert-OH is 1. The van der Waals surface area contributed by atoms with Gasteiger partial charge in [0.2, 0.25) is 5.91 Å². The molecule has 2 N–H and O–H groups in total. The van der Waals surface area contributed by atoms with E-state index in [4.69, 9.17) is 0 Å². The Balaban J connectivity index is 1.37. The van der Waals surface area contributed by atoms with Crippen molar-refractivity contribution in [1.82, 2.24) is 9.80 Å². The van der Waals surface area contributed by atoms with Crippen molar-refractivity contribution in [3.05, 3.63) is 66.2 Å². The van der Waals surface area contributed by atoms with Crippen molar-refractivity contribution in [2.45, 2.75) is 6.10 Å². The van der Waals surface area contributed by atoms with E-state index in [0.717, 1.165) is 11.3 Å². The summed E-state index contributed by atoms with van der Waals surface area (Å²) in [5, 5.41) is 13.0. The number of urea groups is 1. The van der Waals surface area contributed by atoms with Crippen LogP contribution in [0.15, 0.2) is 60.7 Å². The number of amides is 3. The Labute approximate surface area is 169 Å². The number of hydrogen-bond donors (Lipinski definition) is 2. The van der Waals surface area contributed by atoms with Gasteiger partial charge in [0.25, 0.3) is 0 Å². The molecule has 3 amide bonds. The summed E-state index contributed by atoms with van der Waals surface area (Å²) in [5.74, 6) is 0.864. The molecule has 0 radical (unpaired) electrons. The quantitative estimate of drug-likeness (QED) is 0.784. The minimum Gasteiger partial charge on any atom is -0.388 e. The lowest BCUT2D eigenvalue weighted by Crippen LogP contribution is -2.52. The van der Waals surface area contributed by atoms with Gasteiger partial charge in [-0.25, -0.2) is 4.79 Å². The first-order valence-electron chi connectivity index (χ1n) is 9.33. The highest BCUT2D eigenvalue weighted by atomic mass is 32.2. The van der Waals surface area contributed by atoms with Crippen LogP contribution in [0.1, 0.15) is 11.7 Å². The van der Waals surface area contributed by atoms with Gasteiger partial charge in [0, 0.05) is 37.6 Å². The average molecular weight is 400 g/mol. The molecule has 2 aromatic rings. The molecule has 0 bridgehead atoms. The number of carbonyl (C=O) groups is 2. The predicted molar refractivity (Wildman–Crippen MR) is 112 cm³/mol. The molecule has 0 saturated carbocycles. The number of carbonyl (C=O) groups excluding carboxylic acids is 2. The van der Waals surface area contributed by atoms with Gasteiger partial charge in [-0.3, -0.25) is 4.79 Å². The SMILES string of the molecule is O=C(CSCC(O)c1ccccc1)N1CCN(C(=O)Nc2ccccc2)CC1. The van der Waals surface area contributed by atoms with E-state index in [1.54, 1.807) is 9.80 Å². The number of rotatable bonds is 6. The van der Waals surface area contributed by atoms with Crippen LogP contribution in [-0.2, 0) is 4.79 Å². The Bertz CT molecular complexity index is 765. The van der Waals surface area contributed by atoms with E-state index in [0.29, 0.717) is 37.7 Å². The van der Waals surface area contributed by atoms with Gasteiger partial charge in [0.05, 0.1) is 11.9 Å². The van der Waals surface area contributed by atoms with Crippen LogP contribution in [0.2, 0.25) is 0 Å². The maximum atomic E-state index is 12.4. The predicted octanol–water partition coefficient (Wildman–Crippen LogP) is 2.83. The molecule has 7 heteroatoms. The van der Waals surface area contributed by atoms with E-state index >= 15 is 0 Å². The molecule has 0 spiro atoms. The molecule has 2 aromatic carbocycles. The summed E-state index contributed by atoms with van der Waals surface area (Å²) in [5.41, 5.74) is 1.62. The first-order chi connectivity index (χ1) is 13.6. The Morgan fingerprint density at radius 2 is 1.50 bits per heavy atom. The average Bonchev–Trinajstić information content (AvgIpc) is 2.75. The van der Waals surface area contributed by atoms with Crippen molar-refractivity contribution in [2.75, 3.05) is 43.0 Å². The number of hydrogen-bond acceptors (Lipinski definition) is 4. The number of thioether (sulfide) groups is 1. The monoisotopic (exact) mass is 399 g/mol. The molecule has 1 heterocycles. The Hall–Kier alpha value is -2.51. The van der Waals surface area contributed by atoms with Crippen LogP contribution in [0.5, 0.6) is 0 Å². The summed E-state index contributed by atoms with van der Waals surface area (Å²) in [6.45, 7) is 2.09. The summed E-state index contributed by atoms with van der Waals surface area (Å²) in [6.07, 6.45) is -0.572. The molecule has 6 nitrogen and oxygen atoms in total. The van der Waals surface area contributed by atoms with Crippen molar-refractivity contribution in [3.63, 3.8) is 0 Å². The van der Waals surface area contributed by atoms with Crippen molar-refractivity contribution < 1.29 is 14.7 Å². The minimum atomic E-state index is -0.572. The zero-order chi connectivity index (χ0) is 19.8. The lowest BCUT2D eigenvalue weighted by Gasteiger charge is -2.34. The van der Waals surface area contributed by atoms with Crippen LogP contribution in [-0.4, -0.2) is 64.5 Å². The third-order valence-corrected chi connectivity index (χ3v) is 5.63. The Morgan fingerprint density at radius 1 is 0.929 bits per heavy atom. The van der Waals surface area contributed by atoms with Gasteiger partial charge in [-0.15, -0.1) is 11.8 Å². The van der Waals surface area contributed by atoms with Gasteiger partial charge < -0.3 is 20.2 Å². The van der Waals surface area contributed by atoms with Crippen LogP contribution in [0.4, 0.5) is 10.5 Å². The molecule has 148 valence electrons. The molecule has 3 rings (SSSR count). The van der Waals surface area contributed by atoms with Gasteiger partial charge in [-0.1, -0.05) is 48.5 Å². The number of nitrogens with one attached hydrogen (secondary N) is 1. The second-order valence-corrected chi connectivity index (χ2v) is 7.64. The molecule has 1 aliphatic heterocycles. The zero-order valence-corrected chi connectivity index (χ0v) is 16.5. The van der Waals surface area contributed by atoms with Crippen molar-refractivity contribution in [2.24, 2.45) is 0 Å². The highest BCUT2D eigenvalue weighted by Crippen LogP contribution is 2.18. The highest BCUT2D eigenvalue weighted by Gasteiger charge is 2.24. The number of aliphatic hydroxyl groups is 1. The van der Waals surface area contributed by atoms with Crippen LogP contribution in [0, 0.1) is 0 Å². The van der Waals surface area contributed by atoms with E-state index in [2.05, 4.69) is 5.32 Å². The molecule has 1 atom stereocenters. The van der Waals surface area contributed by atoms with Gasteiger partial charge in [0.1, 0.15) is 0 Å². The second kappa shape index (κ2) is 10.1. The summed E-state index contributed by atoms with van der Waals surface area (Å²) in [7, 11) is 0. The van der Waals surface area contributed by atoms with Crippen molar-refractivity contribution in [1.29, 1.82) is 0 Å². The first kappa shape index (κ1) is 20.2. The number of benzene rings is 2. The van der Waals surface area contributed by atoms with E-state index in [-0.39, 0.29) is 11.9 Å². The second-order valence-electron chi connectivity index (χ2n) is 6.61. The van der Waals surface area contributed by atoms with E-state index in [1.165, 1.54) is 11.8 Å². The van der Waals surface area contributed by atoms with Crippen LogP contribution in [0.25, 0.3) is 0 Å². The lowest BCUT2D eigenvalue weighted by atomic mass is 10.1. The standard InChI is InChI=1S/C21H25N3O3S/c25-19(17-7-3-1-4-8-17)15-28-16-20(26)23-11-13-24(14-12-23)21(27)22-18-9-5-2-6-10-18/h1-10,19,25H,11-16H2,(H,22,27). The molecule has 1 unspecified atom stereocenters. The van der Waals surface area contributed by atoms with Crippen LogP contribution >= 0.6 is 11.8 Å². The number of anilines is 1. The van der Waals surface area contributed by atoms with Gasteiger partial charge in [-0.05, 0) is 17.7 Å². The molecular weight excluding hydrogens is 374 g/mol. The molecule has 0 aromatic heterocycles. The fourth-order valence-corrected chi connectivity index (χ4v) is 3.89. The smallest absolute Gasteiger partial charge is 0.321 e. The third-order valence-electron chi connectivity index (χ3n) is 4.63. The zero-order valence-electron chi connectivity index (χ0n) is 15.7. The molecule has 1 aliphatic rings. The normalized spacial score (nSPS) is 15.2. The van der Waals surface area contributed by atoms with Crippen molar-refractivity contribution >= 4 is 29.4 Å². The van der Waals surface area contributed by atoms with Crippen LogP contribution in [0.3, 0.4) is 0 Å². The molecular formula is C21H25N3O3S. The fraction of sp³-hybridized carbons (Fsp3) is 0.333. The van der Waals surface area contributed by atoms with Gasteiger partial charge in [0.15, 0.2) is 0 Å². The number of nitrogens with zero attached hydrogens (tertiary/aromatic N) is 2. The molecule has 28 heavy (non-hydrogen) atoms. The highest BCUT2D eigenvalue weighted by molar-refractivity contribution is 7.99. The first-order valence-corrected chi connectivity index (χ1v) is 10.5. The van der Waals surface area contributed by atoms with E-state index in [1.807, 2.05) is 60.7 Å². The third kappa shape index (κ3) is 5.74. The van der Waals surface area contributed by atoms with E-state index < -0.39 is 6.10 Å². The maximum Gasteiger partial charge on any atom is 0.321 e. The fourth-order valence-electron chi connectivity index (χ4n) is 3.00. The van der Waals surface area contributed by atoms with E-state index in [9.17, 15) is 14.7 Å². The summed E-state index contributed by atoms with van der Waals surface area (Å²) >= 11 is 1.43. The molecule has 0 aliphatic carbocycles. The number of para-hydroxylation sites is 1. The summed E-state index contributed by atoms with van der Waals surface area (Å²) in [4.78, 5) is 28.2. The van der Waals surface area contributed by atoms with Gasteiger partial charge in [-0.2, -0.15) is 0 Å². The van der Waals surface area contributed by atoms with Crippen LogP contribution < -0.4 is 5.32 Å². The van der Waals surface area contributed by atoms with Gasteiger partial charge >= 0.3 is 6.03 Å². The van der Waals surface area contributed by atoms with Crippen molar-refractivity contribution in [3.8, 4) is 0 Å². The maximum absolute atomic E-state index is 12.4. The lowest BCUT2D eigenvalue weighted by molar-refractivity contribution is -0.129. The molecule has 1 saturated heterocycles. The molecule has 1 fully saturated rings.